The van der Waals surface area contributed by atoms with E-state index < -0.39 is 0 Å². The summed E-state index contributed by atoms with van der Waals surface area (Å²) < 4.78 is 4.71. The van der Waals surface area contributed by atoms with Gasteiger partial charge in [-0.25, -0.2) is 0 Å². The molecule has 2 aliphatic rings. The number of piperidine rings is 1. The molecule has 18 heavy (non-hydrogen) atoms. The van der Waals surface area contributed by atoms with E-state index in [9.17, 15) is 4.79 Å². The van der Waals surface area contributed by atoms with E-state index in [0.717, 1.165) is 25.4 Å². The average Bonchev–Trinajstić information content (AvgIpc) is 3.17. The van der Waals surface area contributed by atoms with Crippen LogP contribution in [-0.4, -0.2) is 50.7 Å². The summed E-state index contributed by atoms with van der Waals surface area (Å²) in [6.07, 6.45) is 5.53. The molecule has 2 unspecified atom stereocenters. The molecule has 0 aromatic heterocycles. The minimum absolute atomic E-state index is 0.0780. The lowest BCUT2D eigenvalue weighted by Crippen LogP contribution is -2.48. The maximum absolute atomic E-state index is 11.2. The summed E-state index contributed by atoms with van der Waals surface area (Å²) in [5.74, 6) is 1.48. The van der Waals surface area contributed by atoms with Gasteiger partial charge in [0.15, 0.2) is 0 Å². The molecule has 1 aliphatic carbocycles. The Labute approximate surface area is 110 Å². The van der Waals surface area contributed by atoms with Gasteiger partial charge in [0, 0.05) is 25.6 Å². The summed E-state index contributed by atoms with van der Waals surface area (Å²) in [5.41, 5.74) is 0. The second-order valence-electron chi connectivity index (χ2n) is 5.99. The van der Waals surface area contributed by atoms with Gasteiger partial charge >= 0.3 is 5.97 Å². The maximum Gasteiger partial charge on any atom is 0.305 e. The van der Waals surface area contributed by atoms with E-state index in [4.69, 9.17) is 4.74 Å². The third-order valence-electron chi connectivity index (χ3n) is 4.10. The molecule has 1 heterocycles. The zero-order valence-corrected chi connectivity index (χ0v) is 11.7. The Balaban J connectivity index is 1.70. The Morgan fingerprint density at radius 1 is 1.33 bits per heavy atom. The molecule has 1 saturated carbocycles. The van der Waals surface area contributed by atoms with Crippen LogP contribution >= 0.6 is 0 Å². The van der Waals surface area contributed by atoms with Crippen molar-refractivity contribution in [2.45, 2.75) is 38.1 Å². The lowest BCUT2D eigenvalue weighted by molar-refractivity contribution is -0.141. The third kappa shape index (κ3) is 4.58. The molecule has 2 fully saturated rings. The van der Waals surface area contributed by atoms with Crippen molar-refractivity contribution in [3.63, 3.8) is 0 Å². The minimum atomic E-state index is -0.0780. The summed E-state index contributed by atoms with van der Waals surface area (Å²) in [6.45, 7) is 3.43. The lowest BCUT2D eigenvalue weighted by atomic mass is 9.90. The van der Waals surface area contributed by atoms with Crippen LogP contribution in [0.15, 0.2) is 0 Å². The Morgan fingerprint density at radius 2 is 2.11 bits per heavy atom. The van der Waals surface area contributed by atoms with Gasteiger partial charge in [-0.3, -0.25) is 4.79 Å². The fourth-order valence-electron chi connectivity index (χ4n) is 2.88. The molecule has 0 radical (unpaired) electrons. The second-order valence-corrected chi connectivity index (χ2v) is 5.99. The first kappa shape index (κ1) is 13.8. The fourth-order valence-corrected chi connectivity index (χ4v) is 2.88. The standard InChI is InChI=1S/C14H26N2O2/c1-16-9-12(5-6-14(17)18-2)7-13(10-16)15-8-11-3-4-11/h11-13,15H,3-10H2,1-2H3. The van der Waals surface area contributed by atoms with Crippen molar-refractivity contribution in [1.29, 1.82) is 0 Å². The number of esters is 1. The molecule has 1 aliphatic heterocycles. The Morgan fingerprint density at radius 3 is 2.78 bits per heavy atom. The van der Waals surface area contributed by atoms with E-state index in [1.165, 1.54) is 32.9 Å². The highest BCUT2D eigenvalue weighted by atomic mass is 16.5. The van der Waals surface area contributed by atoms with Crippen LogP contribution in [0, 0.1) is 11.8 Å². The minimum Gasteiger partial charge on any atom is -0.469 e. The molecule has 4 heteroatoms. The summed E-state index contributed by atoms with van der Waals surface area (Å²) in [4.78, 5) is 13.6. The first-order chi connectivity index (χ1) is 8.67. The largest absolute Gasteiger partial charge is 0.469 e. The van der Waals surface area contributed by atoms with E-state index in [1.54, 1.807) is 0 Å². The normalized spacial score (nSPS) is 29.2. The predicted molar refractivity (Wildman–Crippen MR) is 71.4 cm³/mol. The number of carbonyl (C=O) groups excluding carboxylic acids is 1. The van der Waals surface area contributed by atoms with Gasteiger partial charge in [0.2, 0.25) is 0 Å². The Hall–Kier alpha value is -0.610. The highest BCUT2D eigenvalue weighted by Crippen LogP contribution is 2.28. The number of ether oxygens (including phenoxy) is 1. The van der Waals surface area contributed by atoms with Crippen molar-refractivity contribution in [2.24, 2.45) is 11.8 Å². The topological polar surface area (TPSA) is 41.6 Å². The SMILES string of the molecule is COC(=O)CCC1CC(NCC2CC2)CN(C)C1. The number of likely N-dealkylation sites (tertiary alicyclic amines) is 1. The summed E-state index contributed by atoms with van der Waals surface area (Å²) in [6, 6.07) is 0.604. The molecule has 0 amide bonds. The lowest BCUT2D eigenvalue weighted by Gasteiger charge is -2.36. The molecule has 2 atom stereocenters. The number of rotatable bonds is 6. The number of hydrogen-bond donors (Lipinski definition) is 1. The predicted octanol–water partition coefficient (Wildman–Crippen LogP) is 1.26. The van der Waals surface area contributed by atoms with Gasteiger partial charge in [0.25, 0.3) is 0 Å². The molecule has 0 aromatic rings. The highest BCUT2D eigenvalue weighted by molar-refractivity contribution is 5.69. The van der Waals surface area contributed by atoms with Crippen LogP contribution in [0.25, 0.3) is 0 Å². The van der Waals surface area contributed by atoms with Crippen LogP contribution in [-0.2, 0) is 9.53 Å². The van der Waals surface area contributed by atoms with Crippen LogP contribution in [0.3, 0.4) is 0 Å². The van der Waals surface area contributed by atoms with Crippen molar-refractivity contribution in [3.8, 4) is 0 Å². The Kier molecular flexibility index (Phi) is 5.01. The van der Waals surface area contributed by atoms with E-state index in [-0.39, 0.29) is 5.97 Å². The molecule has 104 valence electrons. The number of hydrogen-bond acceptors (Lipinski definition) is 4. The van der Waals surface area contributed by atoms with Gasteiger partial charge in [0.05, 0.1) is 7.11 Å². The van der Waals surface area contributed by atoms with Gasteiger partial charge in [0.1, 0.15) is 0 Å². The van der Waals surface area contributed by atoms with Gasteiger partial charge < -0.3 is 15.0 Å². The molecule has 1 N–H and O–H groups in total. The Bertz CT molecular complexity index is 279. The van der Waals surface area contributed by atoms with Crippen LogP contribution in [0.5, 0.6) is 0 Å². The first-order valence-corrected chi connectivity index (χ1v) is 7.16. The van der Waals surface area contributed by atoms with Gasteiger partial charge in [-0.2, -0.15) is 0 Å². The smallest absolute Gasteiger partial charge is 0.305 e. The van der Waals surface area contributed by atoms with Gasteiger partial charge in [-0.05, 0) is 51.1 Å². The van der Waals surface area contributed by atoms with Gasteiger partial charge in [-0.15, -0.1) is 0 Å². The molecular weight excluding hydrogens is 228 g/mol. The van der Waals surface area contributed by atoms with Crippen LogP contribution in [0.1, 0.15) is 32.1 Å². The van der Waals surface area contributed by atoms with E-state index in [2.05, 4.69) is 17.3 Å². The second kappa shape index (κ2) is 6.53. The van der Waals surface area contributed by atoms with Crippen molar-refractivity contribution in [2.75, 3.05) is 33.8 Å². The zero-order chi connectivity index (χ0) is 13.0. The third-order valence-corrected chi connectivity index (χ3v) is 4.10. The van der Waals surface area contributed by atoms with Crippen molar-refractivity contribution < 1.29 is 9.53 Å². The van der Waals surface area contributed by atoms with Crippen LogP contribution < -0.4 is 5.32 Å². The average molecular weight is 254 g/mol. The summed E-state index contributed by atoms with van der Waals surface area (Å²) >= 11 is 0. The fraction of sp³-hybridized carbons (Fsp3) is 0.929. The van der Waals surface area contributed by atoms with E-state index >= 15 is 0 Å². The van der Waals surface area contributed by atoms with Crippen LogP contribution in [0.4, 0.5) is 0 Å². The first-order valence-electron chi connectivity index (χ1n) is 7.16. The summed E-state index contributed by atoms with van der Waals surface area (Å²) in [5, 5.41) is 3.69. The number of likely N-dealkylation sites (N-methyl/N-ethyl adjacent to an activating group) is 1. The van der Waals surface area contributed by atoms with E-state index in [1.807, 2.05) is 0 Å². The van der Waals surface area contributed by atoms with Crippen molar-refractivity contribution in [3.05, 3.63) is 0 Å². The molecule has 2 rings (SSSR count). The van der Waals surface area contributed by atoms with Crippen LogP contribution in [0.2, 0.25) is 0 Å². The summed E-state index contributed by atoms with van der Waals surface area (Å²) in [7, 11) is 3.64. The van der Waals surface area contributed by atoms with Gasteiger partial charge in [-0.1, -0.05) is 0 Å². The molecule has 0 bridgehead atoms. The number of carbonyl (C=O) groups is 1. The van der Waals surface area contributed by atoms with Crippen molar-refractivity contribution in [1.82, 2.24) is 10.2 Å². The zero-order valence-electron chi connectivity index (χ0n) is 11.7. The van der Waals surface area contributed by atoms with Crippen molar-refractivity contribution >= 4 is 5.97 Å². The molecule has 0 spiro atoms. The van der Waals surface area contributed by atoms with E-state index in [0.29, 0.717) is 18.4 Å². The highest BCUT2D eigenvalue weighted by Gasteiger charge is 2.27. The number of methoxy groups -OCH3 is 1. The number of nitrogens with zero attached hydrogens (tertiary/aromatic N) is 1. The maximum atomic E-state index is 11.2. The molecule has 1 saturated heterocycles. The monoisotopic (exact) mass is 254 g/mol. The molecule has 0 aromatic carbocycles. The number of nitrogens with one attached hydrogen (secondary N) is 1. The molecule has 4 nitrogen and oxygen atoms in total. The quantitative estimate of drug-likeness (QED) is 0.725. The molecular formula is C14H26N2O2.